The van der Waals surface area contributed by atoms with Gasteiger partial charge in [0.2, 0.25) is 10.0 Å². The molecule has 0 unspecified atom stereocenters. The van der Waals surface area contributed by atoms with Crippen molar-refractivity contribution in [2.75, 3.05) is 25.9 Å². The van der Waals surface area contributed by atoms with Gasteiger partial charge in [-0.2, -0.15) is 0 Å². The lowest BCUT2D eigenvalue weighted by Gasteiger charge is -2.13. The van der Waals surface area contributed by atoms with E-state index in [1.165, 1.54) is 51.5 Å². The van der Waals surface area contributed by atoms with Crippen LogP contribution in [0, 0.1) is 0 Å². The zero-order valence-corrected chi connectivity index (χ0v) is 15.1. The molecule has 7 nitrogen and oxygen atoms in total. The van der Waals surface area contributed by atoms with Crippen molar-refractivity contribution in [3.05, 3.63) is 48.5 Å². The molecule has 2 aromatic rings. The Morgan fingerprint density at radius 2 is 1.50 bits per heavy atom. The maximum atomic E-state index is 12.5. The Hall–Kier alpha value is -2.10. The molecule has 0 aromatic heterocycles. The molecule has 0 radical (unpaired) electrons. The van der Waals surface area contributed by atoms with Gasteiger partial charge in [-0.1, -0.05) is 12.1 Å². The van der Waals surface area contributed by atoms with Crippen molar-refractivity contribution < 1.29 is 21.6 Å². The van der Waals surface area contributed by atoms with E-state index < -0.39 is 20.0 Å². The summed E-state index contributed by atoms with van der Waals surface area (Å²) in [5, 5.41) is 0. The molecule has 0 fully saturated rings. The Bertz CT molecular complexity index is 921. The first-order chi connectivity index (χ1) is 11.2. The number of para-hydroxylation sites is 1. The van der Waals surface area contributed by atoms with Crippen molar-refractivity contribution in [1.29, 1.82) is 0 Å². The number of methoxy groups -OCH3 is 1. The second-order valence-corrected chi connectivity index (χ2v) is 8.87. The molecule has 0 saturated carbocycles. The third-order valence-electron chi connectivity index (χ3n) is 3.24. The Kier molecular flexibility index (Phi) is 5.16. The van der Waals surface area contributed by atoms with Crippen LogP contribution < -0.4 is 9.46 Å². The molecule has 0 atom stereocenters. The SMILES string of the molecule is COc1ccccc1S(=O)(=O)Nc1ccc(S(=O)(=O)N(C)C)cc1. The molecule has 2 aromatic carbocycles. The van der Waals surface area contributed by atoms with Crippen molar-refractivity contribution >= 4 is 25.7 Å². The summed E-state index contributed by atoms with van der Waals surface area (Å²) in [6.45, 7) is 0. The maximum absolute atomic E-state index is 12.5. The van der Waals surface area contributed by atoms with Crippen LogP contribution in [0.5, 0.6) is 5.75 Å². The molecule has 0 aliphatic carbocycles. The lowest BCUT2D eigenvalue weighted by atomic mass is 10.3. The largest absolute Gasteiger partial charge is 0.495 e. The van der Waals surface area contributed by atoms with Crippen LogP contribution in [0.2, 0.25) is 0 Å². The fourth-order valence-electron chi connectivity index (χ4n) is 1.96. The molecule has 130 valence electrons. The standard InChI is InChI=1S/C15H18N2O5S2/c1-17(2)24(20,21)13-10-8-12(9-11-13)16-23(18,19)15-7-5-4-6-14(15)22-3/h4-11,16H,1-3H3. The normalized spacial score (nSPS) is 12.2. The molecule has 1 N–H and O–H groups in total. The van der Waals surface area contributed by atoms with Gasteiger partial charge in [0, 0.05) is 19.8 Å². The van der Waals surface area contributed by atoms with Crippen LogP contribution >= 0.6 is 0 Å². The van der Waals surface area contributed by atoms with Crippen LogP contribution in [0.1, 0.15) is 0 Å². The van der Waals surface area contributed by atoms with E-state index in [1.54, 1.807) is 18.2 Å². The quantitative estimate of drug-likeness (QED) is 0.836. The molecule has 0 aliphatic rings. The predicted molar refractivity (Wildman–Crippen MR) is 91.1 cm³/mol. The molecule has 2 rings (SSSR count). The predicted octanol–water partition coefficient (Wildman–Crippen LogP) is 1.75. The minimum absolute atomic E-state index is 0.00232. The number of anilines is 1. The maximum Gasteiger partial charge on any atom is 0.265 e. The first-order valence-electron chi connectivity index (χ1n) is 6.87. The van der Waals surface area contributed by atoms with E-state index in [9.17, 15) is 16.8 Å². The van der Waals surface area contributed by atoms with Gasteiger partial charge >= 0.3 is 0 Å². The number of benzene rings is 2. The summed E-state index contributed by atoms with van der Waals surface area (Å²) in [6, 6.07) is 11.7. The first-order valence-corrected chi connectivity index (χ1v) is 9.79. The van der Waals surface area contributed by atoms with Crippen LogP contribution in [0.25, 0.3) is 0 Å². The van der Waals surface area contributed by atoms with Gasteiger partial charge in [0.15, 0.2) is 0 Å². The molecule has 9 heteroatoms. The highest BCUT2D eigenvalue weighted by molar-refractivity contribution is 7.92. The Morgan fingerprint density at radius 3 is 2.04 bits per heavy atom. The minimum Gasteiger partial charge on any atom is -0.495 e. The van der Waals surface area contributed by atoms with Crippen LogP contribution in [0.3, 0.4) is 0 Å². The van der Waals surface area contributed by atoms with Gasteiger partial charge in [0.25, 0.3) is 10.0 Å². The van der Waals surface area contributed by atoms with E-state index in [4.69, 9.17) is 4.74 Å². The lowest BCUT2D eigenvalue weighted by Crippen LogP contribution is -2.22. The van der Waals surface area contributed by atoms with Crippen LogP contribution in [0.15, 0.2) is 58.3 Å². The van der Waals surface area contributed by atoms with Gasteiger partial charge in [-0.05, 0) is 36.4 Å². The van der Waals surface area contributed by atoms with Gasteiger partial charge in [-0.3, -0.25) is 4.72 Å². The van der Waals surface area contributed by atoms with Gasteiger partial charge < -0.3 is 4.74 Å². The van der Waals surface area contributed by atoms with Crippen molar-refractivity contribution in [2.45, 2.75) is 9.79 Å². The number of hydrogen-bond donors (Lipinski definition) is 1. The van der Waals surface area contributed by atoms with Crippen LogP contribution in [0.4, 0.5) is 5.69 Å². The molecule has 0 heterocycles. The number of sulfonamides is 2. The summed E-state index contributed by atoms with van der Waals surface area (Å²) in [6.07, 6.45) is 0. The second-order valence-electron chi connectivity index (χ2n) is 5.07. The summed E-state index contributed by atoms with van der Waals surface area (Å²) in [5.41, 5.74) is 0.249. The average molecular weight is 370 g/mol. The average Bonchev–Trinajstić information content (AvgIpc) is 2.54. The van der Waals surface area contributed by atoms with E-state index in [1.807, 2.05) is 0 Å². The Morgan fingerprint density at radius 1 is 0.917 bits per heavy atom. The Balaban J connectivity index is 2.31. The van der Waals surface area contributed by atoms with E-state index in [2.05, 4.69) is 4.72 Å². The molecular formula is C15H18N2O5S2. The van der Waals surface area contributed by atoms with E-state index >= 15 is 0 Å². The number of nitrogens with zero attached hydrogens (tertiary/aromatic N) is 1. The second kappa shape index (κ2) is 6.80. The molecule has 24 heavy (non-hydrogen) atoms. The van der Waals surface area contributed by atoms with Crippen LogP contribution in [-0.4, -0.2) is 42.3 Å². The summed E-state index contributed by atoms with van der Waals surface area (Å²) in [5.74, 6) is 0.219. The topological polar surface area (TPSA) is 92.8 Å². The van der Waals surface area contributed by atoms with E-state index in [-0.39, 0.29) is 21.2 Å². The third-order valence-corrected chi connectivity index (χ3v) is 6.49. The summed E-state index contributed by atoms with van der Waals surface area (Å²) in [7, 11) is -3.19. The zero-order chi connectivity index (χ0) is 18.0. The molecule has 0 saturated heterocycles. The smallest absolute Gasteiger partial charge is 0.265 e. The molecule has 0 bridgehead atoms. The number of rotatable bonds is 6. The molecule has 0 amide bonds. The Labute approximate surface area is 142 Å². The molecule has 0 spiro atoms. The third kappa shape index (κ3) is 3.69. The number of nitrogens with one attached hydrogen (secondary N) is 1. The van der Waals surface area contributed by atoms with Gasteiger partial charge in [0.1, 0.15) is 10.6 Å². The molecular weight excluding hydrogens is 352 g/mol. The van der Waals surface area contributed by atoms with E-state index in [0.717, 1.165) is 4.31 Å². The lowest BCUT2D eigenvalue weighted by molar-refractivity contribution is 0.403. The van der Waals surface area contributed by atoms with Crippen molar-refractivity contribution in [2.24, 2.45) is 0 Å². The van der Waals surface area contributed by atoms with Crippen molar-refractivity contribution in [3.63, 3.8) is 0 Å². The highest BCUT2D eigenvalue weighted by atomic mass is 32.2. The zero-order valence-electron chi connectivity index (χ0n) is 13.4. The monoisotopic (exact) mass is 370 g/mol. The van der Waals surface area contributed by atoms with E-state index in [0.29, 0.717) is 0 Å². The highest BCUT2D eigenvalue weighted by Crippen LogP contribution is 2.25. The summed E-state index contributed by atoms with van der Waals surface area (Å²) < 4.78 is 57.5. The minimum atomic E-state index is -3.86. The molecule has 0 aliphatic heterocycles. The number of hydrogen-bond acceptors (Lipinski definition) is 5. The summed E-state index contributed by atoms with van der Waals surface area (Å²) in [4.78, 5) is 0.0743. The fourth-order valence-corrected chi connectivity index (χ4v) is 4.09. The van der Waals surface area contributed by atoms with Gasteiger partial charge in [0.05, 0.1) is 12.0 Å². The van der Waals surface area contributed by atoms with Gasteiger partial charge in [-0.25, -0.2) is 21.1 Å². The van der Waals surface area contributed by atoms with Crippen molar-refractivity contribution in [3.8, 4) is 5.75 Å². The first kappa shape index (κ1) is 18.2. The van der Waals surface area contributed by atoms with Gasteiger partial charge in [-0.15, -0.1) is 0 Å². The van der Waals surface area contributed by atoms with Crippen molar-refractivity contribution in [1.82, 2.24) is 4.31 Å². The number of ether oxygens (including phenoxy) is 1. The van der Waals surface area contributed by atoms with Crippen LogP contribution in [-0.2, 0) is 20.0 Å². The highest BCUT2D eigenvalue weighted by Gasteiger charge is 2.20. The summed E-state index contributed by atoms with van der Waals surface area (Å²) >= 11 is 0. The fraction of sp³-hybridized carbons (Fsp3) is 0.200.